The van der Waals surface area contributed by atoms with Gasteiger partial charge in [0.05, 0.1) is 24.5 Å². The molecule has 0 aliphatic heterocycles. The van der Waals surface area contributed by atoms with Crippen molar-refractivity contribution in [2.75, 3.05) is 12.4 Å². The van der Waals surface area contributed by atoms with E-state index in [1.807, 2.05) is 24.3 Å². The highest BCUT2D eigenvalue weighted by atomic mass is 16.5. The van der Waals surface area contributed by atoms with Gasteiger partial charge >= 0.3 is 0 Å². The zero-order valence-corrected chi connectivity index (χ0v) is 13.6. The third-order valence-corrected chi connectivity index (χ3v) is 3.93. The van der Waals surface area contributed by atoms with Gasteiger partial charge in [0.2, 0.25) is 5.91 Å². The van der Waals surface area contributed by atoms with Gasteiger partial charge in [-0.2, -0.15) is 0 Å². The molecule has 0 aliphatic rings. The highest BCUT2D eigenvalue weighted by Gasteiger charge is 2.16. The Hall–Kier alpha value is -2.10. The molecule has 2 aromatic rings. The lowest BCUT2D eigenvalue weighted by molar-refractivity contribution is -0.120. The third-order valence-electron chi connectivity index (χ3n) is 3.93. The van der Waals surface area contributed by atoms with Crippen LogP contribution in [0.2, 0.25) is 0 Å². The number of methoxy groups -OCH3 is 1. The van der Waals surface area contributed by atoms with E-state index in [1.54, 1.807) is 13.3 Å². The normalized spacial score (nSPS) is 12.1. The highest BCUT2D eigenvalue weighted by molar-refractivity contribution is 5.94. The molecule has 0 radical (unpaired) electrons. The molecule has 1 N–H and O–H groups in total. The zero-order chi connectivity index (χ0) is 15.9. The summed E-state index contributed by atoms with van der Waals surface area (Å²) in [4.78, 5) is 16.7. The van der Waals surface area contributed by atoms with Gasteiger partial charge in [-0.3, -0.25) is 9.78 Å². The second-order valence-corrected chi connectivity index (χ2v) is 5.52. The van der Waals surface area contributed by atoms with Crippen molar-refractivity contribution in [1.82, 2.24) is 4.98 Å². The van der Waals surface area contributed by atoms with Gasteiger partial charge in [0.15, 0.2) is 0 Å². The molecule has 0 fully saturated rings. The minimum atomic E-state index is 0.0755. The number of pyridine rings is 1. The molecule has 1 aromatic heterocycles. The molecule has 0 spiro atoms. The van der Waals surface area contributed by atoms with Crippen LogP contribution in [0.5, 0.6) is 5.75 Å². The molecule has 2 rings (SSSR count). The summed E-state index contributed by atoms with van der Waals surface area (Å²) >= 11 is 0. The largest absolute Gasteiger partial charge is 0.497 e. The molecular formula is C18H24N2O2. The van der Waals surface area contributed by atoms with E-state index in [-0.39, 0.29) is 11.8 Å². The monoisotopic (exact) mass is 300 g/mol. The van der Waals surface area contributed by atoms with Gasteiger partial charge in [-0.15, -0.1) is 0 Å². The van der Waals surface area contributed by atoms with Gasteiger partial charge in [0.1, 0.15) is 5.75 Å². The predicted octanol–water partition coefficient (Wildman–Crippen LogP) is 4.40. The van der Waals surface area contributed by atoms with Crippen LogP contribution < -0.4 is 10.1 Å². The number of nitrogens with one attached hydrogen (secondary N) is 1. The molecule has 1 atom stereocenters. The molecule has 1 heterocycles. The van der Waals surface area contributed by atoms with Crippen molar-refractivity contribution in [2.45, 2.75) is 39.5 Å². The number of ether oxygens (including phenoxy) is 1. The fraction of sp³-hybridized carbons (Fsp3) is 0.444. The topological polar surface area (TPSA) is 51.2 Å². The minimum absolute atomic E-state index is 0.0755. The lowest BCUT2D eigenvalue weighted by Gasteiger charge is -2.14. The summed E-state index contributed by atoms with van der Waals surface area (Å²) in [7, 11) is 1.64. The number of carbonyl (C=O) groups is 1. The predicted molar refractivity (Wildman–Crippen MR) is 90.2 cm³/mol. The van der Waals surface area contributed by atoms with Crippen molar-refractivity contribution in [3.05, 3.63) is 30.5 Å². The first-order valence-electron chi connectivity index (χ1n) is 7.92. The number of anilines is 1. The van der Waals surface area contributed by atoms with Crippen LogP contribution in [-0.4, -0.2) is 18.0 Å². The molecular weight excluding hydrogens is 276 g/mol. The van der Waals surface area contributed by atoms with Crippen LogP contribution in [-0.2, 0) is 4.79 Å². The maximum absolute atomic E-state index is 12.3. The Bertz CT molecular complexity index is 640. The van der Waals surface area contributed by atoms with Crippen molar-refractivity contribution in [3.63, 3.8) is 0 Å². The molecule has 1 aromatic carbocycles. The maximum Gasteiger partial charge on any atom is 0.227 e. The lowest BCUT2D eigenvalue weighted by Crippen LogP contribution is -2.22. The molecule has 118 valence electrons. The number of rotatable bonds is 7. The first-order chi connectivity index (χ1) is 10.7. The van der Waals surface area contributed by atoms with Crippen molar-refractivity contribution < 1.29 is 9.53 Å². The van der Waals surface area contributed by atoms with Gasteiger partial charge in [-0.25, -0.2) is 0 Å². The van der Waals surface area contributed by atoms with Crippen LogP contribution >= 0.6 is 0 Å². The third kappa shape index (κ3) is 3.97. The summed E-state index contributed by atoms with van der Waals surface area (Å²) in [5.41, 5.74) is 1.60. The summed E-state index contributed by atoms with van der Waals surface area (Å²) in [6.45, 7) is 4.21. The first-order valence-corrected chi connectivity index (χ1v) is 7.92. The molecule has 1 amide bonds. The van der Waals surface area contributed by atoms with E-state index in [0.29, 0.717) is 0 Å². The van der Waals surface area contributed by atoms with Crippen LogP contribution in [0.25, 0.3) is 10.9 Å². The van der Waals surface area contributed by atoms with Gasteiger partial charge in [-0.05, 0) is 31.0 Å². The fourth-order valence-corrected chi connectivity index (χ4v) is 2.51. The summed E-state index contributed by atoms with van der Waals surface area (Å²) in [5.74, 6) is 0.944. The van der Waals surface area contributed by atoms with Crippen LogP contribution in [0, 0.1) is 5.92 Å². The molecule has 0 aliphatic carbocycles. The van der Waals surface area contributed by atoms with Crippen molar-refractivity contribution >= 4 is 22.5 Å². The number of hydrogen-bond acceptors (Lipinski definition) is 3. The number of amides is 1. The van der Waals surface area contributed by atoms with Crippen molar-refractivity contribution in [3.8, 4) is 5.75 Å². The second kappa shape index (κ2) is 7.78. The van der Waals surface area contributed by atoms with E-state index in [0.717, 1.165) is 48.0 Å². The lowest BCUT2D eigenvalue weighted by atomic mass is 9.98. The van der Waals surface area contributed by atoms with E-state index in [9.17, 15) is 4.79 Å². The summed E-state index contributed by atoms with van der Waals surface area (Å²) in [6.07, 6.45) is 5.71. The Morgan fingerprint density at radius 1 is 1.32 bits per heavy atom. The summed E-state index contributed by atoms with van der Waals surface area (Å²) in [5, 5.41) is 3.98. The minimum Gasteiger partial charge on any atom is -0.497 e. The Balaban J connectivity index is 2.12. The molecule has 0 saturated heterocycles. The summed E-state index contributed by atoms with van der Waals surface area (Å²) in [6, 6.07) is 7.68. The molecule has 0 saturated carbocycles. The number of nitrogens with zero attached hydrogens (tertiary/aromatic N) is 1. The Kier molecular flexibility index (Phi) is 5.75. The number of hydrogen-bond donors (Lipinski definition) is 1. The molecule has 1 unspecified atom stereocenters. The zero-order valence-electron chi connectivity index (χ0n) is 13.6. The van der Waals surface area contributed by atoms with Crippen molar-refractivity contribution in [1.29, 1.82) is 0 Å². The Labute approximate surface area is 131 Å². The molecule has 4 nitrogen and oxygen atoms in total. The quantitative estimate of drug-likeness (QED) is 0.824. The fourth-order valence-electron chi connectivity index (χ4n) is 2.51. The van der Waals surface area contributed by atoms with Crippen LogP contribution in [0.15, 0.2) is 30.5 Å². The number of aromatic nitrogens is 1. The van der Waals surface area contributed by atoms with Crippen LogP contribution in [0.4, 0.5) is 5.69 Å². The molecule has 22 heavy (non-hydrogen) atoms. The van der Waals surface area contributed by atoms with Gasteiger partial charge in [-0.1, -0.05) is 26.7 Å². The van der Waals surface area contributed by atoms with E-state index >= 15 is 0 Å². The molecule has 4 heteroatoms. The highest BCUT2D eigenvalue weighted by Crippen LogP contribution is 2.22. The second-order valence-electron chi connectivity index (χ2n) is 5.52. The van der Waals surface area contributed by atoms with Crippen LogP contribution in [0.1, 0.15) is 39.5 Å². The van der Waals surface area contributed by atoms with E-state index in [2.05, 4.69) is 24.1 Å². The smallest absolute Gasteiger partial charge is 0.227 e. The Morgan fingerprint density at radius 2 is 2.14 bits per heavy atom. The van der Waals surface area contributed by atoms with Gasteiger partial charge in [0.25, 0.3) is 0 Å². The number of unbranched alkanes of at least 4 members (excludes halogenated alkanes) is 1. The maximum atomic E-state index is 12.3. The van der Waals surface area contributed by atoms with Crippen LogP contribution in [0.3, 0.4) is 0 Å². The SMILES string of the molecule is CCCCC(CC)C(=O)Nc1cnc2cc(OC)ccc2c1. The van der Waals surface area contributed by atoms with Gasteiger partial charge in [0, 0.05) is 17.4 Å². The average Bonchev–Trinajstić information content (AvgIpc) is 2.55. The van der Waals surface area contributed by atoms with Gasteiger partial charge < -0.3 is 10.1 Å². The number of carbonyl (C=O) groups excluding carboxylic acids is 1. The number of benzene rings is 1. The standard InChI is InChI=1S/C18H24N2O2/c1-4-6-7-13(5-2)18(21)20-15-10-14-8-9-16(22-3)11-17(14)19-12-15/h8-13H,4-7H2,1-3H3,(H,20,21). The summed E-state index contributed by atoms with van der Waals surface area (Å²) < 4.78 is 5.19. The van der Waals surface area contributed by atoms with E-state index in [1.165, 1.54) is 0 Å². The first kappa shape index (κ1) is 16.3. The number of fused-ring (bicyclic) bond motifs is 1. The van der Waals surface area contributed by atoms with Crippen molar-refractivity contribution in [2.24, 2.45) is 5.92 Å². The van der Waals surface area contributed by atoms with E-state index < -0.39 is 0 Å². The molecule has 0 bridgehead atoms. The average molecular weight is 300 g/mol. The Morgan fingerprint density at radius 3 is 2.82 bits per heavy atom. The van der Waals surface area contributed by atoms with E-state index in [4.69, 9.17) is 4.74 Å².